The Hall–Kier alpha value is -2.81. The fourth-order valence-corrected chi connectivity index (χ4v) is 9.16. The van der Waals surface area contributed by atoms with E-state index >= 15 is 0 Å². The fourth-order valence-electron chi connectivity index (χ4n) is 6.65. The van der Waals surface area contributed by atoms with Gasteiger partial charge in [-0.15, -0.1) is 20.5 Å². The zero-order chi connectivity index (χ0) is 52.1. The number of nitrogens with one attached hydrogen (secondary N) is 2. The van der Waals surface area contributed by atoms with Gasteiger partial charge in [-0.1, -0.05) is 29.3 Å². The predicted molar refractivity (Wildman–Crippen MR) is 248 cm³/mol. The number of phenolic OH excluding ortho intramolecular Hbond substituents is 2. The van der Waals surface area contributed by atoms with Gasteiger partial charge in [0.15, 0.2) is 11.5 Å². The number of anilines is 2. The van der Waals surface area contributed by atoms with Crippen molar-refractivity contribution in [1.29, 1.82) is 0 Å². The molecule has 76 heavy (non-hydrogen) atoms. The summed E-state index contributed by atoms with van der Waals surface area (Å²) in [6.07, 6.45) is 2.58. The van der Waals surface area contributed by atoms with Gasteiger partial charge in [0.1, 0.15) is 54.5 Å². The van der Waals surface area contributed by atoms with Gasteiger partial charge in [0.2, 0.25) is 0 Å². The first-order valence-corrected chi connectivity index (χ1v) is 24.2. The van der Waals surface area contributed by atoms with Gasteiger partial charge >= 0.3 is 118 Å². The number of aromatic hydroxyl groups is 2. The maximum Gasteiger partial charge on any atom is 1.00 e. The van der Waals surface area contributed by atoms with E-state index in [1.54, 1.807) is 0 Å². The van der Waals surface area contributed by atoms with Crippen LogP contribution in [0.4, 0.5) is 34.1 Å². The van der Waals surface area contributed by atoms with E-state index in [1.165, 1.54) is 69.1 Å². The number of phenols is 2. The molecule has 1 heterocycles. The molecule has 25 nitrogen and oxygen atoms in total. The van der Waals surface area contributed by atoms with E-state index in [9.17, 15) is 56.3 Å². The normalized spacial score (nSPS) is 11.4. The third-order valence-corrected chi connectivity index (χ3v) is 13.4. The number of nitrogens with zero attached hydrogens (tertiary/aromatic N) is 5. The molecule has 7 aromatic rings. The Kier molecular flexibility index (Phi) is 26.3. The minimum absolute atomic E-state index is 0. The van der Waals surface area contributed by atoms with Crippen molar-refractivity contribution in [1.82, 2.24) is 4.98 Å². The molecule has 7 rings (SSSR count). The molecule has 0 unspecified atom stereocenters. The summed E-state index contributed by atoms with van der Waals surface area (Å²) in [5.41, 5.74) is -2.58. The molecule has 4 N–H and O–H groups in total. The number of ether oxygens (including phenoxy) is 2. The van der Waals surface area contributed by atoms with Crippen molar-refractivity contribution < 1.29 is 203 Å². The average molecular weight is 1190 g/mol. The molecule has 0 aliphatic carbocycles. The number of rotatable bonds is 18. The van der Waals surface area contributed by atoms with Crippen LogP contribution in [-0.4, -0.2) is 67.2 Å². The fraction of sp³-hybridized carbons (Fsp3) is 0.0488. The Morgan fingerprint density at radius 2 is 1.24 bits per heavy atom. The van der Waals surface area contributed by atoms with Crippen molar-refractivity contribution in [3.05, 3.63) is 112 Å². The van der Waals surface area contributed by atoms with Gasteiger partial charge in [0, 0.05) is 40.2 Å². The van der Waals surface area contributed by atoms with Gasteiger partial charge in [-0.05, 0) is 71.4 Å². The van der Waals surface area contributed by atoms with Crippen LogP contribution in [0.25, 0.3) is 21.5 Å². The number of pyridine rings is 1. The van der Waals surface area contributed by atoms with Gasteiger partial charge in [0.05, 0.1) is 85.5 Å². The smallest absolute Gasteiger partial charge is 0.744 e. The van der Waals surface area contributed by atoms with Crippen LogP contribution in [0.2, 0.25) is 10.0 Å². The van der Waals surface area contributed by atoms with Crippen molar-refractivity contribution in [3.63, 3.8) is 0 Å². The summed E-state index contributed by atoms with van der Waals surface area (Å²) in [5, 5.41) is 71.9. The Morgan fingerprint density at radius 3 is 1.80 bits per heavy atom. The van der Waals surface area contributed by atoms with Crippen LogP contribution in [0, 0.1) is 0 Å². The van der Waals surface area contributed by atoms with Crippen molar-refractivity contribution in [2.24, 2.45) is 20.5 Å². The standard InChI is InChI=1S/C41H29Cl2N7O18S4.4Na/c1-63-29-16-26(48-50-37-32(72(60,61)62)12-19-9-21(69-67-65-55)13-27(33(19)39(37)52)46-41(54)23-6-3-7-24(42)35(23)43)30(64-2)15-25(29)47-49-36-31(70-68-66-56)11-20-10-22(71(57,58)59)14-28(34(20)38(36)51)45-40(53)18-5-4-8-44-17-18;;;;/h3-17,51-52,55-56H,1-2H3,(H,45,53)(H,46,54)(H,57,58,59)(H,60,61,62);;;;/q;4*+1/p-4. The van der Waals surface area contributed by atoms with Gasteiger partial charge in [-0.2, -0.15) is 8.67 Å². The number of methoxy groups -OCH3 is 2. The molecule has 6 aromatic carbocycles. The Morgan fingerprint density at radius 1 is 0.671 bits per heavy atom. The monoisotopic (exact) mass is 1190 g/mol. The summed E-state index contributed by atoms with van der Waals surface area (Å²) in [5.74, 6) is -3.85. The molecule has 0 fully saturated rings. The van der Waals surface area contributed by atoms with Crippen molar-refractivity contribution in [2.45, 2.75) is 19.6 Å². The minimum Gasteiger partial charge on any atom is -0.744 e. The van der Waals surface area contributed by atoms with E-state index in [0.717, 1.165) is 36.4 Å². The summed E-state index contributed by atoms with van der Waals surface area (Å²) in [7, 11) is -8.32. The Balaban J connectivity index is 0.00000380. The Bertz CT molecular complexity index is 3620. The number of hydrogen-bond donors (Lipinski definition) is 4. The first kappa shape index (κ1) is 67.5. The number of amides is 2. The number of benzene rings is 6. The number of hydrogen-bond acceptors (Lipinski definition) is 25. The second kappa shape index (κ2) is 29.6. The van der Waals surface area contributed by atoms with Crippen LogP contribution < -0.4 is 149 Å². The van der Waals surface area contributed by atoms with E-state index in [-0.39, 0.29) is 217 Å². The second-order valence-electron chi connectivity index (χ2n) is 14.0. The minimum atomic E-state index is -5.50. The molecule has 0 saturated heterocycles. The number of fused-ring (bicyclic) bond motifs is 2. The van der Waals surface area contributed by atoms with Gasteiger partial charge in [-0.25, -0.2) is 16.8 Å². The van der Waals surface area contributed by atoms with Crippen LogP contribution in [0.1, 0.15) is 20.7 Å². The molecule has 1 aromatic heterocycles. The zero-order valence-electron chi connectivity index (χ0n) is 39.7. The van der Waals surface area contributed by atoms with Crippen molar-refractivity contribution in [3.8, 4) is 23.0 Å². The van der Waals surface area contributed by atoms with E-state index in [1.807, 2.05) is 0 Å². The summed E-state index contributed by atoms with van der Waals surface area (Å²) < 4.78 is 94.5. The molecular weight excluding hydrogens is 1170 g/mol. The molecule has 0 saturated carbocycles. The van der Waals surface area contributed by atoms with Crippen LogP contribution in [0.5, 0.6) is 23.0 Å². The topological polar surface area (TPSA) is 377 Å². The van der Waals surface area contributed by atoms with E-state index in [0.29, 0.717) is 12.0 Å². The molecule has 0 spiro atoms. The third-order valence-electron chi connectivity index (χ3n) is 9.73. The SMILES string of the molecule is COc1cc(N=Nc2c(S(=O)(=O)[O-])cc3cc(SOO[O-])cc(NC(=O)c4cccc(Cl)c4Cl)c3c2O)c(OC)cc1N=Nc1c(SOO[O-])cc2cc(S(=O)(=O)[O-])cc(NC(=O)c3cccnc3)c2c1O.[Na+].[Na+].[Na+].[Na+]. The summed E-state index contributed by atoms with van der Waals surface area (Å²) in [6, 6.07) is 15.3. The molecule has 0 radical (unpaired) electrons. The van der Waals surface area contributed by atoms with E-state index < -0.39 is 64.7 Å². The molecule has 0 bridgehead atoms. The Labute approximate surface area is 536 Å². The summed E-state index contributed by atoms with van der Waals surface area (Å²) in [6.45, 7) is 0. The number of carbonyl (C=O) groups is 2. The van der Waals surface area contributed by atoms with E-state index in [4.69, 9.17) is 32.7 Å². The first-order valence-electron chi connectivity index (χ1n) is 19.2. The molecule has 0 aliphatic heterocycles. The summed E-state index contributed by atoms with van der Waals surface area (Å²) in [4.78, 5) is 28.4. The number of aromatic nitrogens is 1. The molecule has 35 heteroatoms. The van der Waals surface area contributed by atoms with Crippen LogP contribution in [0.15, 0.2) is 131 Å². The molecule has 374 valence electrons. The average Bonchev–Trinajstić information content (AvgIpc) is 3.34. The van der Waals surface area contributed by atoms with Gasteiger partial charge in [0.25, 0.3) is 11.8 Å². The maximum absolute atomic E-state index is 13.5. The molecule has 0 aliphatic rings. The number of carbonyl (C=O) groups excluding carboxylic acids is 2. The first-order chi connectivity index (χ1) is 34.3. The number of halogens is 2. The van der Waals surface area contributed by atoms with Gasteiger partial charge in [-0.3, -0.25) is 24.6 Å². The third kappa shape index (κ3) is 15.8. The number of azo groups is 2. The maximum atomic E-state index is 13.5. The predicted octanol–water partition coefficient (Wildman–Crippen LogP) is -4.26. The molecular formula is C41H25Cl2N7Na4O18S4. The second-order valence-corrected chi connectivity index (χ2v) is 19.0. The van der Waals surface area contributed by atoms with Gasteiger partial charge < -0.3 is 49.9 Å². The van der Waals surface area contributed by atoms with Crippen LogP contribution in [0.3, 0.4) is 0 Å². The largest absolute Gasteiger partial charge is 1.00 e. The van der Waals surface area contributed by atoms with Crippen molar-refractivity contribution in [2.75, 3.05) is 24.9 Å². The zero-order valence-corrected chi connectivity index (χ0v) is 52.5. The van der Waals surface area contributed by atoms with Crippen LogP contribution in [-0.2, 0) is 39.0 Å². The van der Waals surface area contributed by atoms with Crippen molar-refractivity contribution >= 4 is 135 Å². The summed E-state index contributed by atoms with van der Waals surface area (Å²) >= 11 is 12.9. The molecule has 2 amide bonds. The van der Waals surface area contributed by atoms with E-state index in [2.05, 4.69) is 54.8 Å². The molecule has 0 atom stereocenters. The van der Waals surface area contributed by atoms with Crippen LogP contribution >= 0.6 is 47.3 Å². The quantitative estimate of drug-likeness (QED) is 0.0158.